The van der Waals surface area contributed by atoms with Crippen molar-refractivity contribution in [3.05, 3.63) is 88.4 Å². The van der Waals surface area contributed by atoms with Crippen LogP contribution in [0, 0.1) is 0 Å². The van der Waals surface area contributed by atoms with Gasteiger partial charge in [0, 0.05) is 42.0 Å². The molecule has 11 heteroatoms. The molecule has 230 valence electrons. The zero-order valence-electron chi connectivity index (χ0n) is 24.9. The maximum Gasteiger partial charge on any atom is 0.243 e. The molecule has 0 saturated heterocycles. The highest BCUT2D eigenvalue weighted by molar-refractivity contribution is 9.10. The molecule has 1 aliphatic rings. The van der Waals surface area contributed by atoms with Gasteiger partial charge in [-0.05, 0) is 62.6 Å². The van der Waals surface area contributed by atoms with Crippen molar-refractivity contribution in [2.24, 2.45) is 0 Å². The molecule has 43 heavy (non-hydrogen) atoms. The standard InChI is InChI=1S/C32H38BrN3O6S/c1-32(2,3)34-31(38)27(19-23-10-6-5-7-11-23)35(21-24-12-8-13-25(33)18-24)30(37)14-9-17-36(43(4,39)40)26-15-16-28-29(20-26)42-22-41-28/h5-8,10-13,15-16,18,20,27H,9,14,17,19,21-22H2,1-4H3,(H,34,38). The van der Waals surface area contributed by atoms with E-state index in [1.807, 2.05) is 75.4 Å². The van der Waals surface area contributed by atoms with Gasteiger partial charge in [0.05, 0.1) is 11.9 Å². The lowest BCUT2D eigenvalue weighted by Crippen LogP contribution is -2.54. The van der Waals surface area contributed by atoms with Gasteiger partial charge in [0.15, 0.2) is 11.5 Å². The molecule has 1 N–H and O–H groups in total. The Kier molecular flexibility index (Phi) is 10.4. The summed E-state index contributed by atoms with van der Waals surface area (Å²) in [4.78, 5) is 29.3. The number of hydrogen-bond donors (Lipinski definition) is 1. The molecular weight excluding hydrogens is 634 g/mol. The Labute approximate surface area is 262 Å². The largest absolute Gasteiger partial charge is 0.454 e. The van der Waals surface area contributed by atoms with E-state index in [4.69, 9.17) is 9.47 Å². The average Bonchev–Trinajstić information content (AvgIpc) is 3.40. The molecule has 1 heterocycles. The van der Waals surface area contributed by atoms with Gasteiger partial charge in [-0.2, -0.15) is 0 Å². The minimum atomic E-state index is -3.65. The van der Waals surface area contributed by atoms with Crippen LogP contribution >= 0.6 is 15.9 Å². The van der Waals surface area contributed by atoms with Crippen LogP contribution < -0.4 is 19.1 Å². The van der Waals surface area contributed by atoms with Crippen molar-refractivity contribution in [1.82, 2.24) is 10.2 Å². The number of benzene rings is 3. The molecule has 0 bridgehead atoms. The molecule has 1 unspecified atom stereocenters. The molecule has 0 saturated carbocycles. The molecule has 0 fully saturated rings. The van der Waals surface area contributed by atoms with Crippen LogP contribution in [0.5, 0.6) is 11.5 Å². The van der Waals surface area contributed by atoms with E-state index >= 15 is 0 Å². The molecule has 1 atom stereocenters. The molecule has 9 nitrogen and oxygen atoms in total. The quantitative estimate of drug-likeness (QED) is 0.281. The number of sulfonamides is 1. The van der Waals surface area contributed by atoms with Gasteiger partial charge in [0.1, 0.15) is 6.04 Å². The molecule has 2 amide bonds. The number of halogens is 1. The third-order valence-electron chi connectivity index (χ3n) is 6.81. The van der Waals surface area contributed by atoms with Crippen LogP contribution in [0.1, 0.15) is 44.7 Å². The maximum absolute atomic E-state index is 14.0. The van der Waals surface area contributed by atoms with Crippen LogP contribution in [0.3, 0.4) is 0 Å². The van der Waals surface area contributed by atoms with Crippen LogP contribution in [-0.2, 0) is 32.6 Å². The first-order valence-corrected chi connectivity index (χ1v) is 16.7. The number of fused-ring (bicyclic) bond motifs is 1. The van der Waals surface area contributed by atoms with E-state index in [1.54, 1.807) is 23.1 Å². The number of carbonyl (C=O) groups is 2. The summed E-state index contributed by atoms with van der Waals surface area (Å²) in [6, 6.07) is 21.4. The van der Waals surface area contributed by atoms with Gasteiger partial charge in [-0.15, -0.1) is 0 Å². The number of anilines is 1. The lowest BCUT2D eigenvalue weighted by atomic mass is 10.00. The smallest absolute Gasteiger partial charge is 0.243 e. The van der Waals surface area contributed by atoms with Gasteiger partial charge in [-0.25, -0.2) is 8.42 Å². The van der Waals surface area contributed by atoms with Crippen molar-refractivity contribution in [3.63, 3.8) is 0 Å². The normalized spacial score (nSPS) is 13.3. The maximum atomic E-state index is 14.0. The lowest BCUT2D eigenvalue weighted by molar-refractivity contribution is -0.142. The summed E-state index contributed by atoms with van der Waals surface area (Å²) in [5.41, 5.74) is 1.71. The van der Waals surface area contributed by atoms with Crippen molar-refractivity contribution in [2.75, 3.05) is 23.9 Å². The van der Waals surface area contributed by atoms with Crippen molar-refractivity contribution < 1.29 is 27.5 Å². The second kappa shape index (κ2) is 13.8. The predicted octanol–water partition coefficient (Wildman–Crippen LogP) is 5.28. The Morgan fingerprint density at radius 1 is 0.953 bits per heavy atom. The highest BCUT2D eigenvalue weighted by Crippen LogP contribution is 2.36. The van der Waals surface area contributed by atoms with Crippen LogP contribution in [0.4, 0.5) is 5.69 Å². The minimum Gasteiger partial charge on any atom is -0.454 e. The Morgan fingerprint density at radius 2 is 1.65 bits per heavy atom. The van der Waals surface area contributed by atoms with Crippen LogP contribution in [0.2, 0.25) is 0 Å². The minimum absolute atomic E-state index is 0.0403. The fourth-order valence-electron chi connectivity index (χ4n) is 4.88. The molecule has 3 aromatic rings. The van der Waals surface area contributed by atoms with E-state index in [0.717, 1.165) is 21.9 Å². The van der Waals surface area contributed by atoms with E-state index in [0.29, 0.717) is 23.6 Å². The summed E-state index contributed by atoms with van der Waals surface area (Å²) >= 11 is 3.50. The number of ether oxygens (including phenoxy) is 2. The Morgan fingerprint density at radius 3 is 2.33 bits per heavy atom. The summed E-state index contributed by atoms with van der Waals surface area (Å²) in [5, 5.41) is 3.06. The lowest BCUT2D eigenvalue weighted by Gasteiger charge is -2.34. The number of nitrogens with zero attached hydrogens (tertiary/aromatic N) is 2. The van der Waals surface area contributed by atoms with Crippen molar-refractivity contribution in [2.45, 2.75) is 58.2 Å². The summed E-state index contributed by atoms with van der Waals surface area (Å²) in [6.07, 6.45) is 1.74. The van der Waals surface area contributed by atoms with E-state index in [-0.39, 0.29) is 44.5 Å². The first-order valence-electron chi connectivity index (χ1n) is 14.1. The zero-order valence-corrected chi connectivity index (χ0v) is 27.3. The van der Waals surface area contributed by atoms with E-state index in [9.17, 15) is 18.0 Å². The Bertz CT molecular complexity index is 1540. The fourth-order valence-corrected chi connectivity index (χ4v) is 6.29. The number of rotatable bonds is 12. The first kappa shape index (κ1) is 32.3. The summed E-state index contributed by atoms with van der Waals surface area (Å²) in [6.45, 7) is 6.08. The molecule has 0 aliphatic carbocycles. The van der Waals surface area contributed by atoms with Crippen LogP contribution in [0.25, 0.3) is 0 Å². The van der Waals surface area contributed by atoms with Crippen LogP contribution in [-0.4, -0.2) is 56.3 Å². The van der Waals surface area contributed by atoms with Gasteiger partial charge in [0.25, 0.3) is 0 Å². The van der Waals surface area contributed by atoms with Gasteiger partial charge in [-0.1, -0.05) is 58.4 Å². The second-order valence-electron chi connectivity index (χ2n) is 11.6. The van der Waals surface area contributed by atoms with Gasteiger partial charge in [0.2, 0.25) is 28.6 Å². The summed E-state index contributed by atoms with van der Waals surface area (Å²) in [5.74, 6) is 0.520. The molecular formula is C32H38BrN3O6S. The highest BCUT2D eigenvalue weighted by Gasteiger charge is 2.32. The number of amides is 2. The molecule has 0 aromatic heterocycles. The molecule has 3 aromatic carbocycles. The third-order valence-corrected chi connectivity index (χ3v) is 8.49. The summed E-state index contributed by atoms with van der Waals surface area (Å²) < 4.78 is 38.4. The Hall–Kier alpha value is -3.57. The molecule has 0 spiro atoms. The number of hydrogen-bond acceptors (Lipinski definition) is 6. The van der Waals surface area contributed by atoms with Crippen molar-refractivity contribution in [1.29, 1.82) is 0 Å². The van der Waals surface area contributed by atoms with Crippen LogP contribution in [0.15, 0.2) is 77.3 Å². The average molecular weight is 673 g/mol. The molecule has 1 aliphatic heterocycles. The highest BCUT2D eigenvalue weighted by atomic mass is 79.9. The SMILES string of the molecule is CC(C)(C)NC(=O)C(Cc1ccccc1)N(Cc1cccc(Br)c1)C(=O)CCCN(c1ccc2c(c1)OCO2)S(C)(=O)=O. The molecule has 0 radical (unpaired) electrons. The monoisotopic (exact) mass is 671 g/mol. The zero-order chi connectivity index (χ0) is 31.2. The van der Waals surface area contributed by atoms with Gasteiger partial charge in [-0.3, -0.25) is 13.9 Å². The van der Waals surface area contributed by atoms with Crippen molar-refractivity contribution >= 4 is 43.5 Å². The molecule has 4 rings (SSSR count). The predicted molar refractivity (Wildman–Crippen MR) is 171 cm³/mol. The van der Waals surface area contributed by atoms with E-state index in [1.165, 1.54) is 4.31 Å². The van der Waals surface area contributed by atoms with Crippen molar-refractivity contribution in [3.8, 4) is 11.5 Å². The summed E-state index contributed by atoms with van der Waals surface area (Å²) in [7, 11) is -3.65. The number of nitrogens with one attached hydrogen (secondary N) is 1. The Balaban J connectivity index is 1.59. The van der Waals surface area contributed by atoms with Gasteiger partial charge >= 0.3 is 0 Å². The van der Waals surface area contributed by atoms with Gasteiger partial charge < -0.3 is 19.7 Å². The number of carbonyl (C=O) groups excluding carboxylic acids is 2. The third kappa shape index (κ3) is 9.21. The van der Waals surface area contributed by atoms with E-state index < -0.39 is 21.6 Å². The first-order chi connectivity index (χ1) is 20.3. The fraction of sp³-hybridized carbons (Fsp3) is 0.375. The topological polar surface area (TPSA) is 105 Å². The second-order valence-corrected chi connectivity index (χ2v) is 14.4. The van der Waals surface area contributed by atoms with E-state index in [2.05, 4.69) is 21.2 Å².